The monoisotopic (exact) mass is 311 g/mol. The van der Waals surface area contributed by atoms with E-state index < -0.39 is 0 Å². The zero-order valence-electron chi connectivity index (χ0n) is 10.7. The summed E-state index contributed by atoms with van der Waals surface area (Å²) in [6.45, 7) is 3.09. The van der Waals surface area contributed by atoms with Crippen molar-refractivity contribution in [2.75, 3.05) is 45.7 Å². The summed E-state index contributed by atoms with van der Waals surface area (Å²) in [5.74, 6) is 0. The SMILES string of the molecule is CN(C)CCOCCNc1ccc(C#N)cc1Br. The minimum atomic E-state index is 0.648. The van der Waals surface area contributed by atoms with Crippen molar-refractivity contribution in [3.05, 3.63) is 28.2 Å². The molecule has 0 aliphatic rings. The van der Waals surface area contributed by atoms with Crippen molar-refractivity contribution in [2.24, 2.45) is 0 Å². The second-order valence-electron chi connectivity index (χ2n) is 4.15. The maximum absolute atomic E-state index is 8.76. The first-order valence-corrected chi connectivity index (χ1v) is 6.59. The van der Waals surface area contributed by atoms with E-state index in [1.807, 2.05) is 20.2 Å². The molecule has 0 unspecified atom stereocenters. The Balaban J connectivity index is 2.25. The molecule has 0 fully saturated rings. The van der Waals surface area contributed by atoms with Gasteiger partial charge in [0.1, 0.15) is 0 Å². The van der Waals surface area contributed by atoms with Gasteiger partial charge in [0.05, 0.1) is 24.8 Å². The highest BCUT2D eigenvalue weighted by Crippen LogP contribution is 2.22. The van der Waals surface area contributed by atoms with Gasteiger partial charge in [-0.3, -0.25) is 0 Å². The fourth-order valence-corrected chi connectivity index (χ4v) is 1.85. The first kappa shape index (κ1) is 15.0. The summed E-state index contributed by atoms with van der Waals surface area (Å²) in [4.78, 5) is 2.09. The number of benzene rings is 1. The molecule has 1 aromatic carbocycles. The molecule has 0 saturated heterocycles. The highest BCUT2D eigenvalue weighted by molar-refractivity contribution is 9.10. The predicted molar refractivity (Wildman–Crippen MR) is 76.7 cm³/mol. The van der Waals surface area contributed by atoms with Crippen molar-refractivity contribution in [2.45, 2.75) is 0 Å². The zero-order valence-corrected chi connectivity index (χ0v) is 12.3. The van der Waals surface area contributed by atoms with Crippen LogP contribution in [0.3, 0.4) is 0 Å². The molecule has 0 atom stereocenters. The number of likely N-dealkylation sites (N-methyl/N-ethyl adjacent to an activating group) is 1. The molecule has 0 saturated carbocycles. The third kappa shape index (κ3) is 5.50. The molecule has 5 heteroatoms. The summed E-state index contributed by atoms with van der Waals surface area (Å²) < 4.78 is 6.38. The van der Waals surface area contributed by atoms with Crippen molar-refractivity contribution in [1.82, 2.24) is 4.90 Å². The standard InChI is InChI=1S/C13H18BrN3O/c1-17(2)6-8-18-7-5-16-13-4-3-11(10-15)9-12(13)14/h3-4,9,16H,5-8H2,1-2H3. The Morgan fingerprint density at radius 2 is 2.17 bits per heavy atom. The smallest absolute Gasteiger partial charge is 0.0992 e. The highest BCUT2D eigenvalue weighted by Gasteiger charge is 2.00. The van der Waals surface area contributed by atoms with E-state index in [0.717, 1.165) is 29.9 Å². The van der Waals surface area contributed by atoms with E-state index >= 15 is 0 Å². The first-order valence-electron chi connectivity index (χ1n) is 5.79. The Morgan fingerprint density at radius 1 is 1.39 bits per heavy atom. The molecular formula is C13H18BrN3O. The molecular weight excluding hydrogens is 294 g/mol. The van der Waals surface area contributed by atoms with Crippen LogP contribution in [0.15, 0.2) is 22.7 Å². The third-order valence-electron chi connectivity index (χ3n) is 2.34. The van der Waals surface area contributed by atoms with Gasteiger partial charge in [-0.2, -0.15) is 5.26 Å². The van der Waals surface area contributed by atoms with Crippen LogP contribution in [-0.4, -0.2) is 45.3 Å². The van der Waals surface area contributed by atoms with Gasteiger partial charge in [0.2, 0.25) is 0 Å². The summed E-state index contributed by atoms with van der Waals surface area (Å²) in [5, 5.41) is 12.0. The Morgan fingerprint density at radius 3 is 2.78 bits per heavy atom. The molecule has 18 heavy (non-hydrogen) atoms. The average molecular weight is 312 g/mol. The van der Waals surface area contributed by atoms with E-state index in [2.05, 4.69) is 32.2 Å². The van der Waals surface area contributed by atoms with E-state index in [9.17, 15) is 0 Å². The van der Waals surface area contributed by atoms with Gasteiger partial charge in [0, 0.05) is 23.2 Å². The fourth-order valence-electron chi connectivity index (χ4n) is 1.34. The van der Waals surface area contributed by atoms with E-state index in [1.165, 1.54) is 0 Å². The number of ether oxygens (including phenoxy) is 1. The largest absolute Gasteiger partial charge is 0.382 e. The van der Waals surface area contributed by atoms with Crippen LogP contribution in [0.1, 0.15) is 5.56 Å². The van der Waals surface area contributed by atoms with Gasteiger partial charge in [-0.15, -0.1) is 0 Å². The summed E-state index contributed by atoms with van der Waals surface area (Å²) in [7, 11) is 4.05. The highest BCUT2D eigenvalue weighted by atomic mass is 79.9. The number of hydrogen-bond acceptors (Lipinski definition) is 4. The number of anilines is 1. The Kier molecular flexibility index (Phi) is 6.73. The predicted octanol–water partition coefficient (Wildman–Crippen LogP) is 2.31. The van der Waals surface area contributed by atoms with Crippen LogP contribution in [-0.2, 0) is 4.74 Å². The minimum absolute atomic E-state index is 0.648. The molecule has 0 spiro atoms. The van der Waals surface area contributed by atoms with Gasteiger partial charge >= 0.3 is 0 Å². The molecule has 0 aliphatic carbocycles. The van der Waals surface area contributed by atoms with Crippen molar-refractivity contribution < 1.29 is 4.74 Å². The summed E-state index contributed by atoms with van der Waals surface area (Å²) >= 11 is 3.43. The Bertz CT molecular complexity index is 415. The Hall–Kier alpha value is -1.09. The average Bonchev–Trinajstić information content (AvgIpc) is 2.34. The number of rotatable bonds is 7. The summed E-state index contributed by atoms with van der Waals surface area (Å²) in [5.41, 5.74) is 1.62. The van der Waals surface area contributed by atoms with Gasteiger partial charge in [-0.1, -0.05) is 0 Å². The van der Waals surface area contributed by atoms with E-state index in [4.69, 9.17) is 10.00 Å². The second-order valence-corrected chi connectivity index (χ2v) is 5.00. The maximum Gasteiger partial charge on any atom is 0.0992 e. The molecule has 0 radical (unpaired) electrons. The second kappa shape index (κ2) is 8.09. The van der Waals surface area contributed by atoms with Gasteiger partial charge < -0.3 is 15.0 Å². The Labute approximate surface area is 117 Å². The van der Waals surface area contributed by atoms with Crippen LogP contribution in [0.5, 0.6) is 0 Å². The molecule has 1 rings (SSSR count). The van der Waals surface area contributed by atoms with Crippen LogP contribution in [0, 0.1) is 11.3 Å². The van der Waals surface area contributed by atoms with Crippen LogP contribution in [0.2, 0.25) is 0 Å². The van der Waals surface area contributed by atoms with Gasteiger partial charge in [0.15, 0.2) is 0 Å². The number of nitrogens with zero attached hydrogens (tertiary/aromatic N) is 2. The van der Waals surface area contributed by atoms with Gasteiger partial charge in [-0.25, -0.2) is 0 Å². The lowest BCUT2D eigenvalue weighted by molar-refractivity contribution is 0.126. The number of nitriles is 1. The minimum Gasteiger partial charge on any atom is -0.382 e. The quantitative estimate of drug-likeness (QED) is 0.785. The lowest BCUT2D eigenvalue weighted by atomic mass is 10.2. The van der Waals surface area contributed by atoms with Crippen LogP contribution in [0.4, 0.5) is 5.69 Å². The van der Waals surface area contributed by atoms with E-state index in [-0.39, 0.29) is 0 Å². The van der Waals surface area contributed by atoms with Crippen molar-refractivity contribution in [1.29, 1.82) is 5.26 Å². The number of nitrogens with one attached hydrogen (secondary N) is 1. The fraction of sp³-hybridized carbons (Fsp3) is 0.462. The normalized spacial score (nSPS) is 10.4. The summed E-state index contributed by atoms with van der Waals surface area (Å²) in [6.07, 6.45) is 0. The molecule has 0 amide bonds. The van der Waals surface area contributed by atoms with E-state index in [0.29, 0.717) is 12.2 Å². The molecule has 0 aromatic heterocycles. The van der Waals surface area contributed by atoms with Crippen molar-refractivity contribution in [3.63, 3.8) is 0 Å². The lowest BCUT2D eigenvalue weighted by Gasteiger charge is -2.11. The molecule has 0 aliphatic heterocycles. The van der Waals surface area contributed by atoms with Gasteiger partial charge in [0.25, 0.3) is 0 Å². The third-order valence-corrected chi connectivity index (χ3v) is 3.00. The number of hydrogen-bond donors (Lipinski definition) is 1. The van der Waals surface area contributed by atoms with Crippen molar-refractivity contribution >= 4 is 21.6 Å². The molecule has 98 valence electrons. The molecule has 4 nitrogen and oxygen atoms in total. The maximum atomic E-state index is 8.76. The van der Waals surface area contributed by atoms with E-state index in [1.54, 1.807) is 12.1 Å². The molecule has 0 heterocycles. The zero-order chi connectivity index (χ0) is 13.4. The first-order chi connectivity index (χ1) is 8.63. The lowest BCUT2D eigenvalue weighted by Crippen LogP contribution is -2.20. The summed E-state index contributed by atoms with van der Waals surface area (Å²) in [6, 6.07) is 7.59. The molecule has 1 N–H and O–H groups in total. The molecule has 1 aromatic rings. The van der Waals surface area contributed by atoms with Gasteiger partial charge in [-0.05, 0) is 48.2 Å². The topological polar surface area (TPSA) is 48.3 Å². The van der Waals surface area contributed by atoms with Crippen molar-refractivity contribution in [3.8, 4) is 6.07 Å². The number of halogens is 1. The van der Waals surface area contributed by atoms with Crippen LogP contribution < -0.4 is 5.32 Å². The van der Waals surface area contributed by atoms with Crippen LogP contribution >= 0.6 is 15.9 Å². The van der Waals surface area contributed by atoms with Crippen LogP contribution in [0.25, 0.3) is 0 Å². The molecule has 0 bridgehead atoms.